The molecular formula is C16H27ClN2. The third-order valence-corrected chi connectivity index (χ3v) is 5.09. The molecule has 1 heterocycles. The first-order valence-corrected chi connectivity index (χ1v) is 8.36. The lowest BCUT2D eigenvalue weighted by molar-refractivity contribution is 0.415. The smallest absolute Gasteiger partial charge is 0.0628 e. The van der Waals surface area contributed by atoms with Gasteiger partial charge in [-0.05, 0) is 44.1 Å². The largest absolute Gasteiger partial charge is 0.269 e. The van der Waals surface area contributed by atoms with Crippen molar-refractivity contribution in [2.45, 2.75) is 76.6 Å². The van der Waals surface area contributed by atoms with Gasteiger partial charge in [0.1, 0.15) is 0 Å². The lowest BCUT2D eigenvalue weighted by Crippen LogP contribution is -2.17. The molecule has 0 saturated heterocycles. The van der Waals surface area contributed by atoms with Crippen LogP contribution in [0, 0.1) is 5.92 Å². The molecule has 1 saturated carbocycles. The summed E-state index contributed by atoms with van der Waals surface area (Å²) in [5.74, 6) is 0.620. The van der Waals surface area contributed by atoms with E-state index in [1.165, 1.54) is 37.8 Å². The molecule has 0 aromatic carbocycles. The minimum atomic E-state index is 0.348. The fourth-order valence-electron chi connectivity index (χ4n) is 3.19. The molecular weight excluding hydrogens is 256 g/mol. The van der Waals surface area contributed by atoms with Crippen LogP contribution < -0.4 is 0 Å². The number of aromatic nitrogens is 2. The molecule has 3 heteroatoms. The number of hydrogen-bond acceptors (Lipinski definition) is 1. The average molecular weight is 283 g/mol. The lowest BCUT2D eigenvalue weighted by atomic mass is 9.94. The third-order valence-electron chi connectivity index (χ3n) is 4.52. The summed E-state index contributed by atoms with van der Waals surface area (Å²) in [6.45, 7) is 4.46. The van der Waals surface area contributed by atoms with Gasteiger partial charge in [0.05, 0.1) is 11.7 Å². The van der Waals surface area contributed by atoms with Crippen LogP contribution in [0.5, 0.6) is 0 Å². The molecule has 1 fully saturated rings. The molecule has 19 heavy (non-hydrogen) atoms. The maximum atomic E-state index is 6.53. The van der Waals surface area contributed by atoms with E-state index in [2.05, 4.69) is 30.8 Å². The Hall–Kier alpha value is -0.500. The van der Waals surface area contributed by atoms with Crippen molar-refractivity contribution in [3.05, 3.63) is 18.0 Å². The highest BCUT2D eigenvalue weighted by Crippen LogP contribution is 2.30. The third kappa shape index (κ3) is 3.98. The number of alkyl halides is 1. The van der Waals surface area contributed by atoms with E-state index in [1.54, 1.807) is 0 Å². The van der Waals surface area contributed by atoms with Crippen LogP contribution in [0.1, 0.15) is 70.5 Å². The Morgan fingerprint density at radius 2 is 2.00 bits per heavy atom. The second-order valence-electron chi connectivity index (χ2n) is 5.88. The van der Waals surface area contributed by atoms with Crippen LogP contribution >= 0.6 is 11.6 Å². The molecule has 0 spiro atoms. The highest BCUT2D eigenvalue weighted by Gasteiger charge is 2.23. The van der Waals surface area contributed by atoms with Crippen LogP contribution in [0.3, 0.4) is 0 Å². The number of hydrogen-bond donors (Lipinski definition) is 0. The average Bonchev–Trinajstić information content (AvgIpc) is 2.77. The standard InChI is InChI=1S/C16H27ClN2/c1-3-15(4-2)19-11-10-14(18-19)12-13-8-6-5-7-9-16(13)17/h10-11,13,15-16H,3-9,12H2,1-2H3. The number of halogens is 1. The molecule has 2 unspecified atom stereocenters. The van der Waals surface area contributed by atoms with Crippen molar-refractivity contribution in [1.82, 2.24) is 9.78 Å². The molecule has 2 nitrogen and oxygen atoms in total. The Morgan fingerprint density at radius 3 is 2.74 bits per heavy atom. The molecule has 1 aliphatic carbocycles. The molecule has 0 N–H and O–H groups in total. The summed E-state index contributed by atoms with van der Waals surface area (Å²) < 4.78 is 2.15. The zero-order valence-electron chi connectivity index (χ0n) is 12.3. The van der Waals surface area contributed by atoms with Gasteiger partial charge in [0.15, 0.2) is 0 Å². The van der Waals surface area contributed by atoms with E-state index in [4.69, 9.17) is 16.7 Å². The predicted octanol–water partition coefficient (Wildman–Crippen LogP) is 4.97. The topological polar surface area (TPSA) is 17.8 Å². The van der Waals surface area contributed by atoms with Crippen molar-refractivity contribution in [1.29, 1.82) is 0 Å². The fraction of sp³-hybridized carbons (Fsp3) is 0.812. The Morgan fingerprint density at radius 1 is 1.26 bits per heavy atom. The summed E-state index contributed by atoms with van der Waals surface area (Å²) in [4.78, 5) is 0. The second kappa shape index (κ2) is 7.33. The molecule has 1 aromatic rings. The van der Waals surface area contributed by atoms with Crippen LogP contribution in [0.25, 0.3) is 0 Å². The van der Waals surface area contributed by atoms with Crippen molar-refractivity contribution in [3.8, 4) is 0 Å². The van der Waals surface area contributed by atoms with Gasteiger partial charge >= 0.3 is 0 Å². The number of nitrogens with zero attached hydrogens (tertiary/aromatic N) is 2. The van der Waals surface area contributed by atoms with Gasteiger partial charge in [-0.2, -0.15) is 5.10 Å². The molecule has 0 amide bonds. The monoisotopic (exact) mass is 282 g/mol. The zero-order chi connectivity index (χ0) is 13.7. The fourth-order valence-corrected chi connectivity index (χ4v) is 3.56. The molecule has 1 aliphatic rings. The van der Waals surface area contributed by atoms with Gasteiger partial charge in [-0.15, -0.1) is 11.6 Å². The Labute approximate surface area is 122 Å². The number of rotatable bonds is 5. The Bertz CT molecular complexity index is 371. The molecule has 108 valence electrons. The minimum absolute atomic E-state index is 0.348. The van der Waals surface area contributed by atoms with E-state index >= 15 is 0 Å². The van der Waals surface area contributed by atoms with E-state index in [-0.39, 0.29) is 0 Å². The highest BCUT2D eigenvalue weighted by molar-refractivity contribution is 6.20. The molecule has 1 aromatic heterocycles. The van der Waals surface area contributed by atoms with E-state index in [9.17, 15) is 0 Å². The molecule has 2 rings (SSSR count). The van der Waals surface area contributed by atoms with Gasteiger partial charge in [0.25, 0.3) is 0 Å². The van der Waals surface area contributed by atoms with E-state index in [1.807, 2.05) is 0 Å². The first kappa shape index (κ1) is 14.9. The van der Waals surface area contributed by atoms with E-state index < -0.39 is 0 Å². The minimum Gasteiger partial charge on any atom is -0.269 e. The predicted molar refractivity (Wildman–Crippen MR) is 81.8 cm³/mol. The van der Waals surface area contributed by atoms with Gasteiger partial charge in [0, 0.05) is 11.6 Å². The van der Waals surface area contributed by atoms with Gasteiger partial charge in [0.2, 0.25) is 0 Å². The summed E-state index contributed by atoms with van der Waals surface area (Å²) >= 11 is 6.53. The van der Waals surface area contributed by atoms with Crippen molar-refractivity contribution in [2.24, 2.45) is 5.92 Å². The van der Waals surface area contributed by atoms with Crippen LogP contribution in [0.2, 0.25) is 0 Å². The van der Waals surface area contributed by atoms with Crippen LogP contribution in [-0.4, -0.2) is 15.2 Å². The van der Waals surface area contributed by atoms with Gasteiger partial charge in [-0.3, -0.25) is 4.68 Å². The molecule has 2 atom stereocenters. The summed E-state index contributed by atoms with van der Waals surface area (Å²) in [5.41, 5.74) is 1.23. The zero-order valence-corrected chi connectivity index (χ0v) is 13.1. The summed E-state index contributed by atoms with van der Waals surface area (Å²) in [5, 5.41) is 5.12. The quantitative estimate of drug-likeness (QED) is 0.550. The van der Waals surface area contributed by atoms with Gasteiger partial charge in [-0.1, -0.05) is 33.1 Å². The summed E-state index contributed by atoms with van der Waals surface area (Å²) in [7, 11) is 0. The second-order valence-corrected chi connectivity index (χ2v) is 6.44. The SMILES string of the molecule is CCC(CC)n1ccc(CC2CCCCCC2Cl)n1. The van der Waals surface area contributed by atoms with Crippen LogP contribution in [0.4, 0.5) is 0 Å². The van der Waals surface area contributed by atoms with Crippen molar-refractivity contribution in [2.75, 3.05) is 0 Å². The first-order chi connectivity index (χ1) is 9.24. The van der Waals surface area contributed by atoms with Gasteiger partial charge in [-0.25, -0.2) is 0 Å². The molecule has 0 bridgehead atoms. The highest BCUT2D eigenvalue weighted by atomic mass is 35.5. The van der Waals surface area contributed by atoms with E-state index in [0.717, 1.165) is 19.3 Å². The summed E-state index contributed by atoms with van der Waals surface area (Å²) in [6, 6.07) is 2.74. The lowest BCUT2D eigenvalue weighted by Gasteiger charge is -2.18. The van der Waals surface area contributed by atoms with Crippen molar-refractivity contribution < 1.29 is 0 Å². The van der Waals surface area contributed by atoms with Crippen molar-refractivity contribution >= 4 is 11.6 Å². The Balaban J connectivity index is 1.98. The van der Waals surface area contributed by atoms with Gasteiger partial charge < -0.3 is 0 Å². The van der Waals surface area contributed by atoms with Crippen LogP contribution in [-0.2, 0) is 6.42 Å². The maximum absolute atomic E-state index is 6.53. The van der Waals surface area contributed by atoms with Crippen LogP contribution in [0.15, 0.2) is 12.3 Å². The first-order valence-electron chi connectivity index (χ1n) is 7.92. The Kier molecular flexibility index (Phi) is 5.75. The van der Waals surface area contributed by atoms with Crippen molar-refractivity contribution in [3.63, 3.8) is 0 Å². The molecule has 0 radical (unpaired) electrons. The molecule has 0 aliphatic heterocycles. The maximum Gasteiger partial charge on any atom is 0.0628 e. The summed E-state index contributed by atoms with van der Waals surface area (Å²) in [6.07, 6.45) is 11.9. The van der Waals surface area contributed by atoms with E-state index in [0.29, 0.717) is 17.3 Å². The normalized spacial score (nSPS) is 24.6.